The van der Waals surface area contributed by atoms with Crippen LogP contribution in [-0.2, 0) is 0 Å². The summed E-state index contributed by atoms with van der Waals surface area (Å²) in [4.78, 5) is 0. The summed E-state index contributed by atoms with van der Waals surface area (Å²) in [5, 5.41) is 7.47. The molecule has 3 aromatic rings. The lowest BCUT2D eigenvalue weighted by Crippen LogP contribution is -2.32. The standard InChI is InChI=1S/C23H23ClN2O2S/c1-27-21-14-20(22(28-2)13-19(21)24)26-23(29)25-15-18(16-9-5-3-6-10-16)17-11-7-4-8-12-17/h3-14,18H,15H2,1-2H3,(H2,25,26,29). The molecule has 0 fully saturated rings. The Labute approximate surface area is 181 Å². The van der Waals surface area contributed by atoms with Crippen LogP contribution < -0.4 is 20.1 Å². The molecular formula is C23H23ClN2O2S. The third kappa shape index (κ3) is 5.40. The van der Waals surface area contributed by atoms with Gasteiger partial charge in [0.15, 0.2) is 5.11 Å². The number of halogens is 1. The van der Waals surface area contributed by atoms with Crippen molar-refractivity contribution in [1.29, 1.82) is 0 Å². The van der Waals surface area contributed by atoms with Crippen LogP contribution in [0.25, 0.3) is 0 Å². The number of thiocarbonyl (C=S) groups is 1. The van der Waals surface area contributed by atoms with Gasteiger partial charge in [0.1, 0.15) is 11.5 Å². The van der Waals surface area contributed by atoms with E-state index in [2.05, 4.69) is 34.9 Å². The normalized spacial score (nSPS) is 10.5. The van der Waals surface area contributed by atoms with Gasteiger partial charge in [0, 0.05) is 24.6 Å². The number of benzene rings is 3. The first-order valence-electron chi connectivity index (χ1n) is 9.18. The van der Waals surface area contributed by atoms with Gasteiger partial charge in [-0.05, 0) is 23.3 Å². The van der Waals surface area contributed by atoms with Crippen molar-refractivity contribution in [3.8, 4) is 11.5 Å². The topological polar surface area (TPSA) is 42.5 Å². The first kappa shape index (κ1) is 21.0. The van der Waals surface area contributed by atoms with Crippen LogP contribution in [0.2, 0.25) is 5.02 Å². The van der Waals surface area contributed by atoms with Gasteiger partial charge in [-0.2, -0.15) is 0 Å². The molecule has 0 spiro atoms. The second-order valence-electron chi connectivity index (χ2n) is 6.40. The molecule has 0 aliphatic rings. The van der Waals surface area contributed by atoms with Gasteiger partial charge in [-0.25, -0.2) is 0 Å². The zero-order chi connectivity index (χ0) is 20.6. The smallest absolute Gasteiger partial charge is 0.170 e. The first-order valence-corrected chi connectivity index (χ1v) is 9.97. The molecule has 0 bridgehead atoms. The fraction of sp³-hybridized carbons (Fsp3) is 0.174. The molecule has 0 aliphatic heterocycles. The highest BCUT2D eigenvalue weighted by Gasteiger charge is 2.15. The predicted octanol–water partition coefficient (Wildman–Crippen LogP) is 5.48. The van der Waals surface area contributed by atoms with Crippen molar-refractivity contribution in [1.82, 2.24) is 5.32 Å². The van der Waals surface area contributed by atoms with Gasteiger partial charge in [-0.1, -0.05) is 72.3 Å². The molecule has 4 nitrogen and oxygen atoms in total. The van der Waals surface area contributed by atoms with E-state index in [9.17, 15) is 0 Å². The molecular weight excluding hydrogens is 404 g/mol. The average Bonchev–Trinajstić information content (AvgIpc) is 2.76. The van der Waals surface area contributed by atoms with Gasteiger partial charge >= 0.3 is 0 Å². The maximum Gasteiger partial charge on any atom is 0.170 e. The number of hydrogen-bond acceptors (Lipinski definition) is 3. The SMILES string of the molecule is COc1cc(NC(=S)NCC(c2ccccc2)c2ccccc2)c(OC)cc1Cl. The van der Waals surface area contributed by atoms with Crippen molar-refractivity contribution in [3.63, 3.8) is 0 Å². The minimum Gasteiger partial charge on any atom is -0.495 e. The van der Waals surface area contributed by atoms with Crippen molar-refractivity contribution in [2.75, 3.05) is 26.1 Å². The minimum absolute atomic E-state index is 0.166. The molecule has 0 saturated carbocycles. The third-order valence-corrected chi connectivity index (χ3v) is 5.13. The number of hydrogen-bond donors (Lipinski definition) is 2. The van der Waals surface area contributed by atoms with E-state index in [-0.39, 0.29) is 5.92 Å². The number of anilines is 1. The van der Waals surface area contributed by atoms with Crippen LogP contribution in [0.15, 0.2) is 72.8 Å². The van der Waals surface area contributed by atoms with Crippen LogP contribution in [0.1, 0.15) is 17.0 Å². The summed E-state index contributed by atoms with van der Waals surface area (Å²) in [5.41, 5.74) is 3.13. The largest absolute Gasteiger partial charge is 0.495 e. The third-order valence-electron chi connectivity index (χ3n) is 4.59. The summed E-state index contributed by atoms with van der Waals surface area (Å²) >= 11 is 11.7. The van der Waals surface area contributed by atoms with Crippen LogP contribution in [0.5, 0.6) is 11.5 Å². The number of rotatable bonds is 7. The lowest BCUT2D eigenvalue weighted by atomic mass is 9.91. The van der Waals surface area contributed by atoms with Gasteiger partial charge in [-0.15, -0.1) is 0 Å². The second-order valence-corrected chi connectivity index (χ2v) is 7.21. The van der Waals surface area contributed by atoms with Crippen molar-refractivity contribution in [2.24, 2.45) is 0 Å². The van der Waals surface area contributed by atoms with E-state index in [1.165, 1.54) is 11.1 Å². The Morgan fingerprint density at radius 3 is 1.97 bits per heavy atom. The zero-order valence-corrected chi connectivity index (χ0v) is 17.9. The maximum absolute atomic E-state index is 6.17. The molecule has 29 heavy (non-hydrogen) atoms. The summed E-state index contributed by atoms with van der Waals surface area (Å²) in [7, 11) is 3.15. The van der Waals surface area contributed by atoms with Crippen LogP contribution in [0, 0.1) is 0 Å². The van der Waals surface area contributed by atoms with Crippen LogP contribution >= 0.6 is 23.8 Å². The molecule has 0 saturated heterocycles. The lowest BCUT2D eigenvalue weighted by molar-refractivity contribution is 0.405. The van der Waals surface area contributed by atoms with E-state index in [4.69, 9.17) is 33.3 Å². The van der Waals surface area contributed by atoms with Gasteiger partial charge in [0.2, 0.25) is 0 Å². The molecule has 6 heteroatoms. The number of ether oxygens (including phenoxy) is 2. The van der Waals surface area contributed by atoms with Gasteiger partial charge in [-0.3, -0.25) is 0 Å². The first-order chi connectivity index (χ1) is 14.1. The van der Waals surface area contributed by atoms with E-state index in [1.54, 1.807) is 26.4 Å². The minimum atomic E-state index is 0.166. The molecule has 2 N–H and O–H groups in total. The molecule has 3 aromatic carbocycles. The van der Waals surface area contributed by atoms with Gasteiger partial charge in [0.05, 0.1) is 24.9 Å². The molecule has 0 unspecified atom stereocenters. The highest BCUT2D eigenvalue weighted by Crippen LogP contribution is 2.35. The Balaban J connectivity index is 1.74. The number of nitrogens with one attached hydrogen (secondary N) is 2. The summed E-state index contributed by atoms with van der Waals surface area (Å²) in [5.74, 6) is 1.30. The Morgan fingerprint density at radius 2 is 1.45 bits per heavy atom. The van der Waals surface area contributed by atoms with Crippen molar-refractivity contribution < 1.29 is 9.47 Å². The molecule has 0 aromatic heterocycles. The lowest BCUT2D eigenvalue weighted by Gasteiger charge is -2.21. The van der Waals surface area contributed by atoms with Crippen LogP contribution in [0.4, 0.5) is 5.69 Å². The summed E-state index contributed by atoms with van der Waals surface area (Å²) in [6.45, 7) is 0.646. The fourth-order valence-corrected chi connectivity index (χ4v) is 3.54. The van der Waals surface area contributed by atoms with Crippen LogP contribution in [0.3, 0.4) is 0 Å². The van der Waals surface area contributed by atoms with Crippen LogP contribution in [-0.4, -0.2) is 25.9 Å². The van der Waals surface area contributed by atoms with Crippen molar-refractivity contribution in [2.45, 2.75) is 5.92 Å². The quantitative estimate of drug-likeness (QED) is 0.490. The highest BCUT2D eigenvalue weighted by molar-refractivity contribution is 7.80. The van der Waals surface area contributed by atoms with Crippen molar-refractivity contribution >= 4 is 34.6 Å². The molecule has 3 rings (SSSR count). The average molecular weight is 427 g/mol. The molecule has 150 valence electrons. The van der Waals surface area contributed by atoms with Gasteiger partial charge in [0.25, 0.3) is 0 Å². The van der Waals surface area contributed by atoms with E-state index in [0.717, 1.165) is 0 Å². The van der Waals surface area contributed by atoms with Crippen molar-refractivity contribution in [3.05, 3.63) is 88.9 Å². The molecule has 0 amide bonds. The Bertz CT molecular complexity index is 912. The number of methoxy groups -OCH3 is 2. The Hall–Kier alpha value is -2.76. The zero-order valence-electron chi connectivity index (χ0n) is 16.3. The Morgan fingerprint density at radius 1 is 0.897 bits per heavy atom. The molecule has 0 radical (unpaired) electrons. The highest BCUT2D eigenvalue weighted by atomic mass is 35.5. The van der Waals surface area contributed by atoms with E-state index < -0.39 is 0 Å². The van der Waals surface area contributed by atoms with E-state index in [1.807, 2.05) is 36.4 Å². The molecule has 0 aliphatic carbocycles. The Kier molecular flexibility index (Phi) is 7.33. The van der Waals surface area contributed by atoms with Gasteiger partial charge < -0.3 is 20.1 Å². The maximum atomic E-state index is 6.17. The fourth-order valence-electron chi connectivity index (χ4n) is 3.12. The predicted molar refractivity (Wildman–Crippen MR) is 124 cm³/mol. The summed E-state index contributed by atoms with van der Waals surface area (Å²) < 4.78 is 10.7. The summed E-state index contributed by atoms with van der Waals surface area (Å²) in [6, 6.07) is 24.2. The monoisotopic (exact) mass is 426 g/mol. The summed E-state index contributed by atoms with van der Waals surface area (Å²) in [6.07, 6.45) is 0. The second kappa shape index (κ2) is 10.1. The van der Waals surface area contributed by atoms with E-state index in [0.29, 0.717) is 33.9 Å². The molecule has 0 atom stereocenters. The van der Waals surface area contributed by atoms with E-state index >= 15 is 0 Å². The molecule has 0 heterocycles.